The van der Waals surface area contributed by atoms with Crippen LogP contribution in [0.2, 0.25) is 0 Å². The molecule has 1 saturated carbocycles. The van der Waals surface area contributed by atoms with Gasteiger partial charge in [0.25, 0.3) is 0 Å². The minimum Gasteiger partial charge on any atom is -0.371 e. The summed E-state index contributed by atoms with van der Waals surface area (Å²) in [5.74, 6) is 0. The monoisotopic (exact) mass is 204 g/mol. The van der Waals surface area contributed by atoms with E-state index in [9.17, 15) is 0 Å². The van der Waals surface area contributed by atoms with Gasteiger partial charge in [0.05, 0.1) is 18.8 Å². The predicted octanol–water partition coefficient (Wildman–Crippen LogP) is 2.52. The van der Waals surface area contributed by atoms with Crippen molar-refractivity contribution in [2.45, 2.75) is 44.2 Å². The number of hydrogen-bond acceptors (Lipinski definition) is 2. The Hall–Kier alpha value is -0.860. The minimum absolute atomic E-state index is 0.337. The molecule has 80 valence electrons. The first kappa shape index (κ1) is 9.37. The van der Waals surface area contributed by atoms with E-state index < -0.39 is 0 Å². The van der Waals surface area contributed by atoms with Crippen LogP contribution in [0.3, 0.4) is 0 Å². The maximum absolute atomic E-state index is 5.90. The van der Waals surface area contributed by atoms with Crippen molar-refractivity contribution in [3.63, 3.8) is 0 Å². The lowest BCUT2D eigenvalue weighted by Crippen LogP contribution is -2.25. The van der Waals surface area contributed by atoms with E-state index in [-0.39, 0.29) is 0 Å². The molecule has 1 unspecified atom stereocenters. The molecule has 1 aliphatic carbocycles. The van der Waals surface area contributed by atoms with Gasteiger partial charge in [0.2, 0.25) is 0 Å². The summed E-state index contributed by atoms with van der Waals surface area (Å²) in [4.78, 5) is 0. The summed E-state index contributed by atoms with van der Waals surface area (Å²) in [7, 11) is 0. The van der Waals surface area contributed by atoms with Crippen LogP contribution in [0.1, 0.15) is 24.8 Å². The van der Waals surface area contributed by atoms with Crippen molar-refractivity contribution in [1.29, 1.82) is 0 Å². The van der Waals surface area contributed by atoms with Crippen LogP contribution in [0.4, 0.5) is 0 Å². The van der Waals surface area contributed by atoms with Crippen LogP contribution in [-0.2, 0) is 16.1 Å². The quantitative estimate of drug-likeness (QED) is 0.706. The molecule has 2 nitrogen and oxygen atoms in total. The fourth-order valence-electron chi connectivity index (χ4n) is 2.36. The SMILES string of the molecule is c1ccc(CO[C@H]2CCCC3O[C@@H]32)cc1. The molecule has 1 aliphatic heterocycles. The van der Waals surface area contributed by atoms with E-state index in [0.717, 1.165) is 13.0 Å². The first-order chi connectivity index (χ1) is 7.43. The van der Waals surface area contributed by atoms with Gasteiger partial charge in [0.1, 0.15) is 6.10 Å². The summed E-state index contributed by atoms with van der Waals surface area (Å²) in [6.45, 7) is 0.720. The van der Waals surface area contributed by atoms with E-state index in [0.29, 0.717) is 18.3 Å². The lowest BCUT2D eigenvalue weighted by molar-refractivity contribution is 0.0135. The number of rotatable bonds is 3. The fraction of sp³-hybridized carbons (Fsp3) is 0.538. The second kappa shape index (κ2) is 3.95. The van der Waals surface area contributed by atoms with Crippen molar-refractivity contribution in [2.75, 3.05) is 0 Å². The first-order valence-corrected chi connectivity index (χ1v) is 5.74. The molecule has 0 radical (unpaired) electrons. The molecule has 1 aromatic carbocycles. The average Bonchev–Trinajstić information content (AvgIpc) is 3.07. The number of epoxide rings is 1. The van der Waals surface area contributed by atoms with Gasteiger partial charge in [0, 0.05) is 0 Å². The highest BCUT2D eigenvalue weighted by Gasteiger charge is 2.47. The Labute approximate surface area is 90.2 Å². The number of benzene rings is 1. The molecule has 1 aromatic rings. The van der Waals surface area contributed by atoms with Gasteiger partial charge in [-0.05, 0) is 24.8 Å². The van der Waals surface area contributed by atoms with Crippen LogP contribution in [0.15, 0.2) is 30.3 Å². The summed E-state index contributed by atoms with van der Waals surface area (Å²) < 4.78 is 11.5. The maximum atomic E-state index is 5.90. The van der Waals surface area contributed by atoms with Crippen LogP contribution in [0.25, 0.3) is 0 Å². The largest absolute Gasteiger partial charge is 0.371 e. The van der Waals surface area contributed by atoms with E-state index in [1.807, 2.05) is 6.07 Å². The van der Waals surface area contributed by atoms with Gasteiger partial charge >= 0.3 is 0 Å². The van der Waals surface area contributed by atoms with Gasteiger partial charge in [-0.1, -0.05) is 30.3 Å². The molecule has 3 rings (SSSR count). The summed E-state index contributed by atoms with van der Waals surface area (Å²) in [6.07, 6.45) is 4.90. The van der Waals surface area contributed by atoms with E-state index in [4.69, 9.17) is 9.47 Å². The molecule has 1 saturated heterocycles. The van der Waals surface area contributed by atoms with Crippen molar-refractivity contribution in [3.05, 3.63) is 35.9 Å². The van der Waals surface area contributed by atoms with E-state index in [1.165, 1.54) is 18.4 Å². The molecule has 2 fully saturated rings. The third-order valence-electron chi connectivity index (χ3n) is 3.27. The number of hydrogen-bond donors (Lipinski definition) is 0. The molecule has 2 heteroatoms. The molecule has 0 aromatic heterocycles. The molecular weight excluding hydrogens is 188 g/mol. The van der Waals surface area contributed by atoms with Gasteiger partial charge < -0.3 is 9.47 Å². The van der Waals surface area contributed by atoms with Crippen molar-refractivity contribution in [3.8, 4) is 0 Å². The molecule has 2 aliphatic rings. The summed E-state index contributed by atoms with van der Waals surface area (Å²) in [6, 6.07) is 10.3. The topological polar surface area (TPSA) is 21.8 Å². The van der Waals surface area contributed by atoms with Crippen LogP contribution in [0.5, 0.6) is 0 Å². The average molecular weight is 204 g/mol. The molecule has 15 heavy (non-hydrogen) atoms. The van der Waals surface area contributed by atoms with Crippen molar-refractivity contribution >= 4 is 0 Å². The van der Waals surface area contributed by atoms with Gasteiger partial charge in [0.15, 0.2) is 0 Å². The lowest BCUT2D eigenvalue weighted by Gasteiger charge is -2.18. The smallest absolute Gasteiger partial charge is 0.110 e. The third-order valence-corrected chi connectivity index (χ3v) is 3.27. The highest BCUT2D eigenvalue weighted by Crippen LogP contribution is 2.38. The summed E-state index contributed by atoms with van der Waals surface area (Å²) in [5, 5.41) is 0. The number of ether oxygens (including phenoxy) is 2. The molecule has 0 amide bonds. The Kier molecular flexibility index (Phi) is 2.47. The highest BCUT2D eigenvalue weighted by molar-refractivity contribution is 5.13. The third kappa shape index (κ3) is 2.06. The van der Waals surface area contributed by atoms with Crippen LogP contribution < -0.4 is 0 Å². The van der Waals surface area contributed by atoms with Gasteiger partial charge in [-0.2, -0.15) is 0 Å². The maximum Gasteiger partial charge on any atom is 0.110 e. The molecule has 1 heterocycles. The molecule has 3 atom stereocenters. The van der Waals surface area contributed by atoms with Gasteiger partial charge in [-0.25, -0.2) is 0 Å². The zero-order chi connectivity index (χ0) is 10.1. The predicted molar refractivity (Wildman–Crippen MR) is 57.5 cm³/mol. The summed E-state index contributed by atoms with van der Waals surface area (Å²) >= 11 is 0. The lowest BCUT2D eigenvalue weighted by atomic mass is 9.98. The molecule has 0 spiro atoms. The Balaban J connectivity index is 1.54. The van der Waals surface area contributed by atoms with Gasteiger partial charge in [-0.3, -0.25) is 0 Å². The van der Waals surface area contributed by atoms with Crippen LogP contribution in [0, 0.1) is 0 Å². The van der Waals surface area contributed by atoms with E-state index >= 15 is 0 Å². The van der Waals surface area contributed by atoms with E-state index in [2.05, 4.69) is 24.3 Å². The van der Waals surface area contributed by atoms with Crippen molar-refractivity contribution in [2.24, 2.45) is 0 Å². The Bertz CT molecular complexity index is 323. The molecule has 0 N–H and O–H groups in total. The fourth-order valence-corrected chi connectivity index (χ4v) is 2.36. The van der Waals surface area contributed by atoms with Crippen LogP contribution >= 0.6 is 0 Å². The summed E-state index contributed by atoms with van der Waals surface area (Å²) in [5.41, 5.74) is 1.25. The van der Waals surface area contributed by atoms with Crippen LogP contribution in [-0.4, -0.2) is 18.3 Å². The second-order valence-electron chi connectivity index (χ2n) is 4.41. The van der Waals surface area contributed by atoms with E-state index in [1.54, 1.807) is 0 Å². The normalized spacial score (nSPS) is 33.5. The zero-order valence-corrected chi connectivity index (χ0v) is 8.76. The standard InChI is InChI=1S/C13H16O2/c1-2-5-10(6-3-1)9-14-11-7-4-8-12-13(11)15-12/h1-3,5-6,11-13H,4,7-9H2/t11-,12?,13+/m0/s1. The Morgan fingerprint density at radius 3 is 2.93 bits per heavy atom. The number of fused-ring (bicyclic) bond motifs is 1. The second-order valence-corrected chi connectivity index (χ2v) is 4.41. The Morgan fingerprint density at radius 1 is 1.20 bits per heavy atom. The molecule has 0 bridgehead atoms. The zero-order valence-electron chi connectivity index (χ0n) is 8.76. The first-order valence-electron chi connectivity index (χ1n) is 5.74. The van der Waals surface area contributed by atoms with Gasteiger partial charge in [-0.15, -0.1) is 0 Å². The van der Waals surface area contributed by atoms with Crippen molar-refractivity contribution in [1.82, 2.24) is 0 Å². The Morgan fingerprint density at radius 2 is 2.07 bits per heavy atom. The highest BCUT2D eigenvalue weighted by atomic mass is 16.6. The van der Waals surface area contributed by atoms with Crippen molar-refractivity contribution < 1.29 is 9.47 Å². The minimum atomic E-state index is 0.337. The molecular formula is C13H16O2.